The van der Waals surface area contributed by atoms with Crippen molar-refractivity contribution in [2.24, 2.45) is 5.92 Å². The molecule has 1 aromatic heterocycles. The topological polar surface area (TPSA) is 75.1 Å². The van der Waals surface area contributed by atoms with Crippen molar-refractivity contribution in [2.75, 3.05) is 0 Å². The number of hydrogen-bond acceptors (Lipinski definition) is 2. The number of nitrogens with one attached hydrogen (secondary N) is 1. The predicted molar refractivity (Wildman–Crippen MR) is 54.0 cm³/mol. The van der Waals surface area contributed by atoms with Crippen molar-refractivity contribution < 1.29 is 9.90 Å². The molecule has 0 unspecified atom stereocenters. The summed E-state index contributed by atoms with van der Waals surface area (Å²) in [5.41, 5.74) is -0.280. The maximum atomic E-state index is 11.4. The van der Waals surface area contributed by atoms with Crippen LogP contribution >= 0.6 is 0 Å². The predicted octanol–water partition coefficient (Wildman–Crippen LogP) is 1.06. The van der Waals surface area contributed by atoms with Gasteiger partial charge in [0.15, 0.2) is 0 Å². The summed E-state index contributed by atoms with van der Waals surface area (Å²) in [6.07, 6.45) is 4.69. The van der Waals surface area contributed by atoms with E-state index in [4.69, 9.17) is 5.11 Å². The Morgan fingerprint density at radius 3 is 2.73 bits per heavy atom. The molecule has 0 radical (unpaired) electrons. The number of carbonyl (C=O) groups is 1. The average molecular weight is 210 g/mol. The highest BCUT2D eigenvalue weighted by atomic mass is 16.4. The highest BCUT2D eigenvalue weighted by Gasteiger charge is 2.17. The van der Waals surface area contributed by atoms with E-state index in [0.29, 0.717) is 12.5 Å². The summed E-state index contributed by atoms with van der Waals surface area (Å²) in [6.45, 7) is 0.617. The average Bonchev–Trinajstić information content (AvgIpc) is 2.77. The minimum atomic E-state index is -1.09. The number of nitrogens with zero attached hydrogens (tertiary/aromatic N) is 1. The van der Waals surface area contributed by atoms with E-state index in [1.807, 2.05) is 0 Å². The number of carboxylic acids is 1. The SMILES string of the molecule is O=C(O)c1cc(=O)n(CC2CCCC2)[nH]1. The third-order valence-corrected chi connectivity index (χ3v) is 2.94. The van der Waals surface area contributed by atoms with Gasteiger partial charge in [-0.25, -0.2) is 4.79 Å². The van der Waals surface area contributed by atoms with Crippen molar-refractivity contribution in [1.29, 1.82) is 0 Å². The lowest BCUT2D eigenvalue weighted by molar-refractivity contribution is 0.0689. The Labute approximate surface area is 86.7 Å². The highest BCUT2D eigenvalue weighted by molar-refractivity contribution is 5.84. The van der Waals surface area contributed by atoms with E-state index in [1.165, 1.54) is 17.5 Å². The lowest BCUT2D eigenvalue weighted by Crippen LogP contribution is -2.20. The molecule has 1 aliphatic carbocycles. The molecule has 82 valence electrons. The van der Waals surface area contributed by atoms with E-state index in [0.717, 1.165) is 18.9 Å². The second-order valence-corrected chi connectivity index (χ2v) is 4.07. The van der Waals surface area contributed by atoms with Gasteiger partial charge in [0.05, 0.1) is 0 Å². The highest BCUT2D eigenvalue weighted by Crippen LogP contribution is 2.25. The number of rotatable bonds is 3. The summed E-state index contributed by atoms with van der Waals surface area (Å²) in [5.74, 6) is -0.569. The quantitative estimate of drug-likeness (QED) is 0.783. The van der Waals surface area contributed by atoms with E-state index in [2.05, 4.69) is 5.10 Å². The van der Waals surface area contributed by atoms with Crippen LogP contribution in [0.5, 0.6) is 0 Å². The Morgan fingerprint density at radius 2 is 2.20 bits per heavy atom. The maximum Gasteiger partial charge on any atom is 0.353 e. The second-order valence-electron chi connectivity index (χ2n) is 4.07. The van der Waals surface area contributed by atoms with E-state index >= 15 is 0 Å². The van der Waals surface area contributed by atoms with Gasteiger partial charge >= 0.3 is 5.97 Å². The zero-order valence-electron chi connectivity index (χ0n) is 8.40. The molecule has 2 rings (SSSR count). The largest absolute Gasteiger partial charge is 0.477 e. The summed E-state index contributed by atoms with van der Waals surface area (Å²) >= 11 is 0. The fourth-order valence-corrected chi connectivity index (χ4v) is 2.13. The number of aromatic nitrogens is 2. The molecule has 1 aromatic rings. The number of H-pyrrole nitrogens is 1. The summed E-state index contributed by atoms with van der Waals surface area (Å²) in [4.78, 5) is 22.0. The van der Waals surface area contributed by atoms with Crippen molar-refractivity contribution in [1.82, 2.24) is 9.78 Å². The Morgan fingerprint density at radius 1 is 1.53 bits per heavy atom. The van der Waals surface area contributed by atoms with Crippen LogP contribution in [0.3, 0.4) is 0 Å². The molecular formula is C10H14N2O3. The van der Waals surface area contributed by atoms with Gasteiger partial charge in [0.2, 0.25) is 0 Å². The van der Waals surface area contributed by atoms with E-state index in [1.54, 1.807) is 0 Å². The number of aromatic amines is 1. The molecular weight excluding hydrogens is 196 g/mol. The van der Waals surface area contributed by atoms with Crippen LogP contribution in [-0.2, 0) is 6.54 Å². The zero-order valence-corrected chi connectivity index (χ0v) is 8.40. The first-order valence-electron chi connectivity index (χ1n) is 5.20. The third kappa shape index (κ3) is 2.11. The van der Waals surface area contributed by atoms with Crippen molar-refractivity contribution in [3.8, 4) is 0 Å². The molecule has 5 heteroatoms. The number of carboxylic acid groups (broad SMARTS) is 1. The second kappa shape index (κ2) is 3.92. The number of aromatic carboxylic acids is 1. The molecule has 0 amide bonds. The molecule has 0 spiro atoms. The van der Waals surface area contributed by atoms with Gasteiger partial charge in [0.25, 0.3) is 5.56 Å². The molecule has 1 fully saturated rings. The lowest BCUT2D eigenvalue weighted by atomic mass is 10.1. The fraction of sp³-hybridized carbons (Fsp3) is 0.600. The zero-order chi connectivity index (χ0) is 10.8. The molecule has 1 aliphatic rings. The van der Waals surface area contributed by atoms with Crippen LogP contribution in [0, 0.1) is 5.92 Å². The van der Waals surface area contributed by atoms with Gasteiger partial charge in [-0.15, -0.1) is 0 Å². The Hall–Kier alpha value is -1.52. The van der Waals surface area contributed by atoms with Crippen molar-refractivity contribution >= 4 is 5.97 Å². The van der Waals surface area contributed by atoms with Crippen LogP contribution in [-0.4, -0.2) is 20.9 Å². The molecule has 15 heavy (non-hydrogen) atoms. The van der Waals surface area contributed by atoms with Gasteiger partial charge in [-0.2, -0.15) is 0 Å². The molecule has 5 nitrogen and oxygen atoms in total. The molecule has 0 bridgehead atoms. The van der Waals surface area contributed by atoms with Crippen LogP contribution in [0.15, 0.2) is 10.9 Å². The molecule has 2 N–H and O–H groups in total. The van der Waals surface area contributed by atoms with Crippen LogP contribution < -0.4 is 5.56 Å². The first kappa shape index (κ1) is 10.0. The smallest absolute Gasteiger partial charge is 0.353 e. The van der Waals surface area contributed by atoms with Crippen molar-refractivity contribution in [2.45, 2.75) is 32.2 Å². The van der Waals surface area contributed by atoms with E-state index in [9.17, 15) is 9.59 Å². The van der Waals surface area contributed by atoms with E-state index < -0.39 is 5.97 Å². The van der Waals surface area contributed by atoms with Gasteiger partial charge in [-0.05, 0) is 18.8 Å². The molecule has 1 saturated carbocycles. The summed E-state index contributed by atoms with van der Waals surface area (Å²) < 4.78 is 1.40. The molecule has 0 atom stereocenters. The van der Waals surface area contributed by atoms with Gasteiger partial charge in [0.1, 0.15) is 5.69 Å². The van der Waals surface area contributed by atoms with Gasteiger partial charge < -0.3 is 5.11 Å². The Bertz CT molecular complexity index is 413. The summed E-state index contributed by atoms with van der Waals surface area (Å²) in [5, 5.41) is 11.3. The standard InChI is InChI=1S/C10H14N2O3/c13-9-5-8(10(14)15)11-12(9)6-7-3-1-2-4-7/h5,7,11H,1-4,6H2,(H,14,15). The van der Waals surface area contributed by atoms with Gasteiger partial charge in [-0.3, -0.25) is 14.6 Å². The summed E-state index contributed by atoms with van der Waals surface area (Å²) in [6, 6.07) is 1.14. The van der Waals surface area contributed by atoms with Crippen molar-refractivity contribution in [3.63, 3.8) is 0 Å². The maximum absolute atomic E-state index is 11.4. The Kier molecular flexibility index (Phi) is 2.62. The molecule has 0 aromatic carbocycles. The molecule has 0 aliphatic heterocycles. The minimum absolute atomic E-state index is 0.0296. The first-order valence-corrected chi connectivity index (χ1v) is 5.20. The monoisotopic (exact) mass is 210 g/mol. The first-order chi connectivity index (χ1) is 7.16. The molecule has 1 heterocycles. The van der Waals surface area contributed by atoms with Crippen LogP contribution in [0.4, 0.5) is 0 Å². The van der Waals surface area contributed by atoms with Crippen LogP contribution in [0.1, 0.15) is 36.2 Å². The Balaban J connectivity index is 2.13. The normalized spacial score (nSPS) is 17.1. The molecule has 0 saturated heterocycles. The van der Waals surface area contributed by atoms with Gasteiger partial charge in [-0.1, -0.05) is 12.8 Å². The lowest BCUT2D eigenvalue weighted by Gasteiger charge is -2.08. The van der Waals surface area contributed by atoms with Gasteiger partial charge in [0, 0.05) is 12.6 Å². The van der Waals surface area contributed by atoms with Crippen LogP contribution in [0.2, 0.25) is 0 Å². The van der Waals surface area contributed by atoms with Crippen LogP contribution in [0.25, 0.3) is 0 Å². The van der Waals surface area contributed by atoms with E-state index in [-0.39, 0.29) is 11.3 Å². The third-order valence-electron chi connectivity index (χ3n) is 2.94. The summed E-state index contributed by atoms with van der Waals surface area (Å²) in [7, 11) is 0. The minimum Gasteiger partial charge on any atom is -0.477 e. The van der Waals surface area contributed by atoms with Crippen molar-refractivity contribution in [3.05, 3.63) is 22.1 Å². The fourth-order valence-electron chi connectivity index (χ4n) is 2.13. The number of hydrogen-bond donors (Lipinski definition) is 2.